The summed E-state index contributed by atoms with van der Waals surface area (Å²) in [5.74, 6) is 0.304. The fourth-order valence-corrected chi connectivity index (χ4v) is 2.76. The molecule has 0 spiro atoms. The van der Waals surface area contributed by atoms with Gasteiger partial charge in [-0.2, -0.15) is 0 Å². The van der Waals surface area contributed by atoms with Gasteiger partial charge in [0.15, 0.2) is 5.82 Å². The van der Waals surface area contributed by atoms with E-state index >= 15 is 0 Å². The van der Waals surface area contributed by atoms with Gasteiger partial charge in [-0.1, -0.05) is 0 Å². The highest BCUT2D eigenvalue weighted by Crippen LogP contribution is 2.21. The van der Waals surface area contributed by atoms with Crippen molar-refractivity contribution in [1.82, 2.24) is 20.2 Å². The number of amides is 1. The van der Waals surface area contributed by atoms with E-state index in [4.69, 9.17) is 4.74 Å². The average Bonchev–Trinajstić information content (AvgIpc) is 2.97. The van der Waals surface area contributed by atoms with Gasteiger partial charge in [0.25, 0.3) is 5.91 Å². The zero-order valence-corrected chi connectivity index (χ0v) is 10.4. The van der Waals surface area contributed by atoms with E-state index in [0.717, 1.165) is 26.0 Å². The zero-order chi connectivity index (χ0) is 12.5. The average molecular weight is 250 g/mol. The van der Waals surface area contributed by atoms with E-state index in [9.17, 15) is 4.79 Å². The molecule has 0 unspecified atom stereocenters. The lowest BCUT2D eigenvalue weighted by Crippen LogP contribution is -2.47. The molecule has 2 fully saturated rings. The maximum Gasteiger partial charge on any atom is 0.287 e. The van der Waals surface area contributed by atoms with Crippen LogP contribution in [0.25, 0.3) is 0 Å². The molecule has 0 aromatic carbocycles. The first-order valence-electron chi connectivity index (χ1n) is 6.39. The smallest absolute Gasteiger partial charge is 0.287 e. The van der Waals surface area contributed by atoms with E-state index in [1.54, 1.807) is 17.0 Å². The van der Waals surface area contributed by atoms with Crippen molar-refractivity contribution in [3.63, 3.8) is 0 Å². The number of aromatic nitrogens is 2. The molecule has 2 N–H and O–H groups in total. The van der Waals surface area contributed by atoms with Crippen LogP contribution >= 0.6 is 0 Å². The number of carbonyl (C=O) groups is 1. The monoisotopic (exact) mass is 250 g/mol. The van der Waals surface area contributed by atoms with Gasteiger partial charge >= 0.3 is 0 Å². The SMILES string of the molecule is Cn1ccnc1C(=O)N[C@H]1CN[C@@H]2CCCO[C@H]12. The molecular formula is C12H18N4O2. The van der Waals surface area contributed by atoms with Crippen molar-refractivity contribution in [2.45, 2.75) is 31.0 Å². The minimum Gasteiger partial charge on any atom is -0.374 e. The van der Waals surface area contributed by atoms with Crippen molar-refractivity contribution in [1.29, 1.82) is 0 Å². The molecular weight excluding hydrogens is 232 g/mol. The number of nitrogens with one attached hydrogen (secondary N) is 2. The van der Waals surface area contributed by atoms with Crippen molar-refractivity contribution in [2.75, 3.05) is 13.2 Å². The van der Waals surface area contributed by atoms with Crippen LogP contribution in [0.5, 0.6) is 0 Å². The molecule has 6 heteroatoms. The van der Waals surface area contributed by atoms with Gasteiger partial charge in [0.1, 0.15) is 0 Å². The van der Waals surface area contributed by atoms with Crippen molar-refractivity contribution in [3.8, 4) is 0 Å². The molecule has 2 saturated heterocycles. The Morgan fingerprint density at radius 1 is 1.67 bits per heavy atom. The summed E-state index contributed by atoms with van der Waals surface area (Å²) in [6.07, 6.45) is 5.71. The van der Waals surface area contributed by atoms with Gasteiger partial charge in [0, 0.05) is 38.6 Å². The van der Waals surface area contributed by atoms with E-state index in [-0.39, 0.29) is 18.1 Å². The third kappa shape index (κ3) is 2.02. The van der Waals surface area contributed by atoms with Crippen LogP contribution in [-0.2, 0) is 11.8 Å². The quantitative estimate of drug-likeness (QED) is 0.754. The van der Waals surface area contributed by atoms with Gasteiger partial charge in [-0.15, -0.1) is 0 Å². The number of imidazole rings is 1. The van der Waals surface area contributed by atoms with Gasteiger partial charge < -0.3 is 19.9 Å². The summed E-state index contributed by atoms with van der Waals surface area (Å²) < 4.78 is 7.48. The second kappa shape index (κ2) is 4.70. The number of ether oxygens (including phenoxy) is 1. The molecule has 2 aliphatic rings. The lowest BCUT2D eigenvalue weighted by Gasteiger charge is -2.29. The summed E-state index contributed by atoms with van der Waals surface area (Å²) in [5, 5.41) is 6.42. The van der Waals surface area contributed by atoms with Crippen LogP contribution in [0.2, 0.25) is 0 Å². The molecule has 2 aliphatic heterocycles. The van der Waals surface area contributed by atoms with Gasteiger partial charge in [-0.3, -0.25) is 4.79 Å². The van der Waals surface area contributed by atoms with Crippen LogP contribution in [0.15, 0.2) is 12.4 Å². The molecule has 3 atom stereocenters. The number of nitrogens with zero attached hydrogens (tertiary/aromatic N) is 2. The van der Waals surface area contributed by atoms with Crippen LogP contribution in [0.4, 0.5) is 0 Å². The molecule has 98 valence electrons. The molecule has 3 rings (SSSR count). The Hall–Kier alpha value is -1.40. The summed E-state index contributed by atoms with van der Waals surface area (Å²) in [5.41, 5.74) is 0. The standard InChI is InChI=1S/C12H18N4O2/c1-16-5-4-13-11(16)12(17)15-9-7-14-8-3-2-6-18-10(8)9/h4-5,8-10,14H,2-3,6-7H2,1H3,(H,15,17)/t8-,9+,10+/m1/s1. The number of hydrogen-bond acceptors (Lipinski definition) is 4. The van der Waals surface area contributed by atoms with Crippen molar-refractivity contribution in [2.24, 2.45) is 7.05 Å². The Balaban J connectivity index is 1.66. The molecule has 0 aliphatic carbocycles. The predicted molar refractivity (Wildman–Crippen MR) is 65.2 cm³/mol. The molecule has 6 nitrogen and oxygen atoms in total. The van der Waals surface area contributed by atoms with Crippen molar-refractivity contribution in [3.05, 3.63) is 18.2 Å². The highest BCUT2D eigenvalue weighted by molar-refractivity contribution is 5.91. The van der Waals surface area contributed by atoms with Gasteiger partial charge in [0.2, 0.25) is 0 Å². The Bertz CT molecular complexity index is 445. The Morgan fingerprint density at radius 3 is 3.33 bits per heavy atom. The lowest BCUT2D eigenvalue weighted by atomic mass is 10.0. The van der Waals surface area contributed by atoms with Crippen LogP contribution in [0, 0.1) is 0 Å². The Labute approximate surface area is 106 Å². The lowest BCUT2D eigenvalue weighted by molar-refractivity contribution is -0.00223. The highest BCUT2D eigenvalue weighted by Gasteiger charge is 2.39. The van der Waals surface area contributed by atoms with E-state index in [0.29, 0.717) is 11.9 Å². The molecule has 3 heterocycles. The van der Waals surface area contributed by atoms with Crippen LogP contribution < -0.4 is 10.6 Å². The van der Waals surface area contributed by atoms with Gasteiger partial charge in [-0.05, 0) is 12.8 Å². The summed E-state index contributed by atoms with van der Waals surface area (Å²) in [4.78, 5) is 16.1. The summed E-state index contributed by atoms with van der Waals surface area (Å²) in [7, 11) is 1.81. The fraction of sp³-hybridized carbons (Fsp3) is 0.667. The van der Waals surface area contributed by atoms with E-state index in [2.05, 4.69) is 15.6 Å². The molecule has 0 saturated carbocycles. The number of hydrogen-bond donors (Lipinski definition) is 2. The highest BCUT2D eigenvalue weighted by atomic mass is 16.5. The molecule has 0 bridgehead atoms. The number of rotatable bonds is 2. The van der Waals surface area contributed by atoms with Crippen molar-refractivity contribution >= 4 is 5.91 Å². The van der Waals surface area contributed by atoms with Gasteiger partial charge in [-0.25, -0.2) is 4.98 Å². The summed E-state index contributed by atoms with van der Waals surface area (Å²) >= 11 is 0. The molecule has 0 radical (unpaired) electrons. The van der Waals surface area contributed by atoms with Crippen LogP contribution in [0.1, 0.15) is 23.5 Å². The molecule has 1 aromatic heterocycles. The topological polar surface area (TPSA) is 68.2 Å². The second-order valence-corrected chi connectivity index (χ2v) is 4.93. The second-order valence-electron chi connectivity index (χ2n) is 4.93. The Morgan fingerprint density at radius 2 is 2.56 bits per heavy atom. The zero-order valence-electron chi connectivity index (χ0n) is 10.4. The molecule has 1 amide bonds. The summed E-state index contributed by atoms with van der Waals surface area (Å²) in [6, 6.07) is 0.421. The fourth-order valence-electron chi connectivity index (χ4n) is 2.76. The maximum atomic E-state index is 12.1. The third-order valence-corrected chi connectivity index (χ3v) is 3.70. The summed E-state index contributed by atoms with van der Waals surface area (Å²) in [6.45, 7) is 1.56. The van der Waals surface area contributed by atoms with Crippen molar-refractivity contribution < 1.29 is 9.53 Å². The first kappa shape index (κ1) is 11.7. The van der Waals surface area contributed by atoms with Crippen LogP contribution in [-0.4, -0.2) is 46.8 Å². The number of fused-ring (bicyclic) bond motifs is 1. The first-order chi connectivity index (χ1) is 8.75. The first-order valence-corrected chi connectivity index (χ1v) is 6.39. The maximum absolute atomic E-state index is 12.1. The minimum absolute atomic E-state index is 0.0412. The minimum atomic E-state index is -0.135. The molecule has 1 aromatic rings. The van der Waals surface area contributed by atoms with Crippen LogP contribution in [0.3, 0.4) is 0 Å². The predicted octanol–water partition coefficient (Wildman–Crippen LogP) is -0.331. The van der Waals surface area contributed by atoms with E-state index in [1.165, 1.54) is 0 Å². The Kier molecular flexibility index (Phi) is 3.05. The van der Waals surface area contributed by atoms with Gasteiger partial charge in [0.05, 0.1) is 12.1 Å². The largest absolute Gasteiger partial charge is 0.374 e. The molecule has 18 heavy (non-hydrogen) atoms. The number of aryl methyl sites for hydroxylation is 1. The van der Waals surface area contributed by atoms with E-state index < -0.39 is 0 Å². The normalized spacial score (nSPS) is 31.1. The van der Waals surface area contributed by atoms with E-state index in [1.807, 2.05) is 7.05 Å². The number of carbonyl (C=O) groups excluding carboxylic acids is 1. The third-order valence-electron chi connectivity index (χ3n) is 3.70.